The standard InChI is InChI=1S/C16H18BrN3O/c1-20(2)11-15(12-6-4-3-5-7-12)19-16(21)13-8-14(17)10-18-9-13/h3-10,15H,11H2,1-2H3,(H,19,21). The van der Waals surface area contributed by atoms with Gasteiger partial charge in [-0.05, 0) is 41.7 Å². The number of carbonyl (C=O) groups is 1. The summed E-state index contributed by atoms with van der Waals surface area (Å²) in [5.41, 5.74) is 1.63. The summed E-state index contributed by atoms with van der Waals surface area (Å²) in [7, 11) is 3.98. The zero-order valence-electron chi connectivity index (χ0n) is 12.1. The van der Waals surface area contributed by atoms with Gasteiger partial charge < -0.3 is 10.2 Å². The normalized spacial score (nSPS) is 12.2. The summed E-state index contributed by atoms with van der Waals surface area (Å²) in [5, 5.41) is 3.07. The Bertz CT molecular complexity index is 601. The Morgan fingerprint density at radius 1 is 1.29 bits per heavy atom. The lowest BCUT2D eigenvalue weighted by Gasteiger charge is -2.23. The summed E-state index contributed by atoms with van der Waals surface area (Å²) in [6.45, 7) is 0.733. The van der Waals surface area contributed by atoms with Gasteiger partial charge >= 0.3 is 0 Å². The van der Waals surface area contributed by atoms with Gasteiger partial charge in [0.15, 0.2) is 0 Å². The molecule has 1 aromatic heterocycles. The molecule has 1 heterocycles. The van der Waals surface area contributed by atoms with Crippen molar-refractivity contribution in [3.05, 3.63) is 64.4 Å². The maximum Gasteiger partial charge on any atom is 0.253 e. The van der Waals surface area contributed by atoms with Crippen LogP contribution in [-0.4, -0.2) is 36.4 Å². The molecule has 1 aromatic carbocycles. The summed E-state index contributed by atoms with van der Waals surface area (Å²) >= 11 is 3.33. The zero-order valence-corrected chi connectivity index (χ0v) is 13.7. The first-order chi connectivity index (χ1) is 10.1. The van der Waals surface area contributed by atoms with Crippen molar-refractivity contribution in [2.45, 2.75) is 6.04 Å². The molecule has 5 heteroatoms. The third-order valence-corrected chi connectivity index (χ3v) is 3.46. The van der Waals surface area contributed by atoms with E-state index in [1.165, 1.54) is 0 Å². The molecule has 0 spiro atoms. The molecule has 1 unspecified atom stereocenters. The van der Waals surface area contributed by atoms with E-state index in [2.05, 4.69) is 31.1 Å². The van der Waals surface area contributed by atoms with Crippen molar-refractivity contribution in [1.82, 2.24) is 15.2 Å². The first-order valence-corrected chi connectivity index (χ1v) is 7.46. The first-order valence-electron chi connectivity index (χ1n) is 6.67. The molecule has 1 amide bonds. The van der Waals surface area contributed by atoms with E-state index in [9.17, 15) is 4.79 Å². The Balaban J connectivity index is 2.17. The number of benzene rings is 1. The summed E-state index contributed by atoms with van der Waals surface area (Å²) in [6.07, 6.45) is 3.23. The van der Waals surface area contributed by atoms with E-state index in [1.807, 2.05) is 44.4 Å². The van der Waals surface area contributed by atoms with Crippen molar-refractivity contribution in [3.63, 3.8) is 0 Å². The first kappa shape index (κ1) is 15.7. The molecule has 0 saturated heterocycles. The molecule has 0 aliphatic carbocycles. The third kappa shape index (κ3) is 4.65. The Morgan fingerprint density at radius 2 is 2.00 bits per heavy atom. The number of rotatable bonds is 5. The van der Waals surface area contributed by atoms with Crippen LogP contribution in [0.5, 0.6) is 0 Å². The van der Waals surface area contributed by atoms with Gasteiger partial charge in [0.2, 0.25) is 0 Å². The van der Waals surface area contributed by atoms with Crippen LogP contribution in [0.15, 0.2) is 53.3 Å². The van der Waals surface area contributed by atoms with E-state index in [-0.39, 0.29) is 11.9 Å². The topological polar surface area (TPSA) is 45.2 Å². The Morgan fingerprint density at radius 3 is 2.62 bits per heavy atom. The quantitative estimate of drug-likeness (QED) is 0.904. The van der Waals surface area contributed by atoms with Gasteiger partial charge in [0.25, 0.3) is 5.91 Å². The highest BCUT2D eigenvalue weighted by Crippen LogP contribution is 2.15. The number of hydrogen-bond donors (Lipinski definition) is 1. The van der Waals surface area contributed by atoms with Crippen LogP contribution in [0, 0.1) is 0 Å². The van der Waals surface area contributed by atoms with Crippen molar-refractivity contribution in [2.75, 3.05) is 20.6 Å². The highest BCUT2D eigenvalue weighted by atomic mass is 79.9. The van der Waals surface area contributed by atoms with E-state index in [4.69, 9.17) is 0 Å². The van der Waals surface area contributed by atoms with E-state index in [0.29, 0.717) is 5.56 Å². The molecule has 2 rings (SSSR count). The molecular weight excluding hydrogens is 330 g/mol. The Kier molecular flexibility index (Phi) is 5.47. The van der Waals surface area contributed by atoms with Gasteiger partial charge in [-0.2, -0.15) is 0 Å². The second-order valence-corrected chi connectivity index (χ2v) is 6.01. The highest BCUT2D eigenvalue weighted by Gasteiger charge is 2.16. The van der Waals surface area contributed by atoms with Crippen LogP contribution in [0.4, 0.5) is 0 Å². The molecule has 0 radical (unpaired) electrons. The van der Waals surface area contributed by atoms with Crippen molar-refractivity contribution >= 4 is 21.8 Å². The third-order valence-electron chi connectivity index (χ3n) is 3.02. The van der Waals surface area contributed by atoms with Crippen LogP contribution in [0.1, 0.15) is 22.0 Å². The van der Waals surface area contributed by atoms with Crippen LogP contribution in [-0.2, 0) is 0 Å². The molecule has 2 aromatic rings. The average molecular weight is 348 g/mol. The number of pyridine rings is 1. The predicted octanol–water partition coefficient (Wildman–Crippen LogP) is 2.88. The average Bonchev–Trinajstić information content (AvgIpc) is 2.47. The number of nitrogens with one attached hydrogen (secondary N) is 1. The fraction of sp³-hybridized carbons (Fsp3) is 0.250. The van der Waals surface area contributed by atoms with Crippen molar-refractivity contribution in [1.29, 1.82) is 0 Å². The second-order valence-electron chi connectivity index (χ2n) is 5.09. The van der Waals surface area contributed by atoms with Crippen LogP contribution in [0.3, 0.4) is 0 Å². The maximum absolute atomic E-state index is 12.4. The second kappa shape index (κ2) is 7.33. The van der Waals surface area contributed by atoms with Crippen LogP contribution < -0.4 is 5.32 Å². The van der Waals surface area contributed by atoms with Gasteiger partial charge in [-0.25, -0.2) is 0 Å². The highest BCUT2D eigenvalue weighted by molar-refractivity contribution is 9.10. The SMILES string of the molecule is CN(C)CC(NC(=O)c1cncc(Br)c1)c1ccccc1. The number of hydrogen-bond acceptors (Lipinski definition) is 3. The molecule has 0 aliphatic heterocycles. The summed E-state index contributed by atoms with van der Waals surface area (Å²) in [4.78, 5) is 18.5. The van der Waals surface area contributed by atoms with Crippen molar-refractivity contribution in [3.8, 4) is 0 Å². The van der Waals surface area contributed by atoms with Crippen LogP contribution in [0.25, 0.3) is 0 Å². The van der Waals surface area contributed by atoms with Gasteiger partial charge in [0.05, 0.1) is 11.6 Å². The minimum absolute atomic E-state index is 0.0623. The number of halogens is 1. The summed E-state index contributed by atoms with van der Waals surface area (Å²) in [6, 6.07) is 11.7. The van der Waals surface area contributed by atoms with Gasteiger partial charge in [-0.1, -0.05) is 30.3 Å². The van der Waals surface area contributed by atoms with E-state index in [0.717, 1.165) is 16.6 Å². The molecule has 110 valence electrons. The molecule has 1 N–H and O–H groups in total. The molecule has 1 atom stereocenters. The van der Waals surface area contributed by atoms with E-state index >= 15 is 0 Å². The predicted molar refractivity (Wildman–Crippen MR) is 87.1 cm³/mol. The fourth-order valence-electron chi connectivity index (χ4n) is 2.06. The Hall–Kier alpha value is -1.72. The van der Waals surface area contributed by atoms with Gasteiger partial charge in [-0.3, -0.25) is 9.78 Å². The minimum atomic E-state index is -0.125. The van der Waals surface area contributed by atoms with Crippen LogP contribution in [0.2, 0.25) is 0 Å². The number of nitrogens with zero attached hydrogens (tertiary/aromatic N) is 2. The Labute approximate surface area is 133 Å². The minimum Gasteiger partial charge on any atom is -0.344 e. The molecule has 0 saturated carbocycles. The smallest absolute Gasteiger partial charge is 0.253 e. The van der Waals surface area contributed by atoms with Gasteiger partial charge in [0, 0.05) is 23.4 Å². The lowest BCUT2D eigenvalue weighted by atomic mass is 10.1. The molecular formula is C16H18BrN3O. The molecule has 21 heavy (non-hydrogen) atoms. The fourth-order valence-corrected chi connectivity index (χ4v) is 2.43. The van der Waals surface area contributed by atoms with Gasteiger partial charge in [-0.15, -0.1) is 0 Å². The summed E-state index contributed by atoms with van der Waals surface area (Å²) < 4.78 is 0.791. The summed E-state index contributed by atoms with van der Waals surface area (Å²) in [5.74, 6) is -0.125. The lowest BCUT2D eigenvalue weighted by molar-refractivity contribution is 0.0929. The van der Waals surface area contributed by atoms with E-state index in [1.54, 1.807) is 18.5 Å². The molecule has 0 bridgehead atoms. The largest absolute Gasteiger partial charge is 0.344 e. The number of aromatic nitrogens is 1. The molecule has 0 fully saturated rings. The number of likely N-dealkylation sites (N-methyl/N-ethyl adjacent to an activating group) is 1. The zero-order chi connectivity index (χ0) is 15.2. The lowest BCUT2D eigenvalue weighted by Crippen LogP contribution is -2.35. The molecule has 4 nitrogen and oxygen atoms in total. The van der Waals surface area contributed by atoms with Crippen molar-refractivity contribution < 1.29 is 4.79 Å². The van der Waals surface area contributed by atoms with Gasteiger partial charge in [0.1, 0.15) is 0 Å². The van der Waals surface area contributed by atoms with Crippen molar-refractivity contribution in [2.24, 2.45) is 0 Å². The number of amides is 1. The monoisotopic (exact) mass is 347 g/mol. The van der Waals surface area contributed by atoms with E-state index < -0.39 is 0 Å². The van der Waals surface area contributed by atoms with Crippen LogP contribution >= 0.6 is 15.9 Å². The molecule has 0 aliphatic rings. The number of carbonyl (C=O) groups excluding carboxylic acids is 1. The maximum atomic E-state index is 12.4.